The first-order valence-corrected chi connectivity index (χ1v) is 9.99. The summed E-state index contributed by atoms with van der Waals surface area (Å²) in [5.41, 5.74) is 3.20. The van der Waals surface area contributed by atoms with E-state index in [9.17, 15) is 4.79 Å². The monoisotopic (exact) mass is 382 g/mol. The van der Waals surface area contributed by atoms with Gasteiger partial charge >= 0.3 is 0 Å². The van der Waals surface area contributed by atoms with Crippen LogP contribution < -0.4 is 10.2 Å². The third-order valence-corrected chi connectivity index (χ3v) is 5.56. The van der Waals surface area contributed by atoms with Crippen molar-refractivity contribution in [1.29, 1.82) is 0 Å². The smallest absolute Gasteiger partial charge is 0.244 e. The lowest BCUT2D eigenvalue weighted by atomic mass is 9.98. The Labute approximate surface area is 167 Å². The van der Waals surface area contributed by atoms with E-state index < -0.39 is 0 Å². The molecule has 0 aliphatic carbocycles. The Morgan fingerprint density at radius 3 is 2.48 bits per heavy atom. The lowest BCUT2D eigenvalue weighted by molar-refractivity contribution is -0.117. The van der Waals surface area contributed by atoms with Crippen LogP contribution in [0.5, 0.6) is 0 Å². The molecule has 142 valence electrons. The van der Waals surface area contributed by atoms with Crippen LogP contribution in [0.3, 0.4) is 0 Å². The summed E-state index contributed by atoms with van der Waals surface area (Å²) in [7, 11) is 0. The lowest BCUT2D eigenvalue weighted by Gasteiger charge is -2.32. The number of anilines is 1. The molecule has 2 aromatic carbocycles. The Balaban J connectivity index is 1.56. The molecular weight excluding hydrogens is 356 g/mol. The summed E-state index contributed by atoms with van der Waals surface area (Å²) in [5, 5.41) is 3.64. The second-order valence-electron chi connectivity index (χ2n) is 7.35. The summed E-state index contributed by atoms with van der Waals surface area (Å²) in [6.07, 6.45) is 5.78. The van der Waals surface area contributed by atoms with E-state index in [1.54, 1.807) is 6.08 Å². The van der Waals surface area contributed by atoms with E-state index >= 15 is 0 Å². The summed E-state index contributed by atoms with van der Waals surface area (Å²) < 4.78 is 0. The molecule has 4 heteroatoms. The lowest BCUT2D eigenvalue weighted by Crippen LogP contribution is -2.32. The van der Waals surface area contributed by atoms with Crippen LogP contribution in [0.25, 0.3) is 6.08 Å². The minimum absolute atomic E-state index is 0.0520. The van der Waals surface area contributed by atoms with Crippen LogP contribution in [-0.2, 0) is 4.79 Å². The Morgan fingerprint density at radius 1 is 1.15 bits per heavy atom. The molecule has 1 aliphatic heterocycles. The van der Waals surface area contributed by atoms with Gasteiger partial charge in [0.2, 0.25) is 5.91 Å². The van der Waals surface area contributed by atoms with Crippen molar-refractivity contribution in [3.8, 4) is 0 Å². The van der Waals surface area contributed by atoms with Crippen LogP contribution in [0.2, 0.25) is 5.02 Å². The van der Waals surface area contributed by atoms with Gasteiger partial charge in [0.25, 0.3) is 0 Å². The molecular formula is C23H27ClN2O. The van der Waals surface area contributed by atoms with Gasteiger partial charge in [-0.3, -0.25) is 4.79 Å². The Morgan fingerprint density at radius 2 is 1.81 bits per heavy atom. The largest absolute Gasteiger partial charge is 0.372 e. The van der Waals surface area contributed by atoms with Gasteiger partial charge in [-0.25, -0.2) is 0 Å². The fourth-order valence-electron chi connectivity index (χ4n) is 3.36. The average molecular weight is 383 g/mol. The molecule has 1 N–H and O–H groups in total. The highest BCUT2D eigenvalue weighted by Crippen LogP contribution is 2.24. The Bertz CT molecular complexity index is 792. The molecule has 3 nitrogen and oxygen atoms in total. The zero-order chi connectivity index (χ0) is 19.2. The van der Waals surface area contributed by atoms with Crippen molar-refractivity contribution in [1.82, 2.24) is 5.32 Å². The summed E-state index contributed by atoms with van der Waals surface area (Å²) in [6.45, 7) is 6.57. The van der Waals surface area contributed by atoms with E-state index in [2.05, 4.69) is 41.4 Å². The number of hydrogen-bond donors (Lipinski definition) is 1. The van der Waals surface area contributed by atoms with E-state index in [-0.39, 0.29) is 11.9 Å². The summed E-state index contributed by atoms with van der Waals surface area (Å²) in [4.78, 5) is 14.7. The van der Waals surface area contributed by atoms with Gasteiger partial charge in [0, 0.05) is 29.9 Å². The van der Waals surface area contributed by atoms with Crippen LogP contribution in [-0.4, -0.2) is 19.0 Å². The molecule has 1 atom stereocenters. The van der Waals surface area contributed by atoms with Gasteiger partial charge in [0.05, 0.1) is 6.04 Å². The van der Waals surface area contributed by atoms with Gasteiger partial charge in [-0.05, 0) is 61.1 Å². The quantitative estimate of drug-likeness (QED) is 0.695. The first kappa shape index (κ1) is 19.5. The van der Waals surface area contributed by atoms with Crippen molar-refractivity contribution in [2.24, 2.45) is 5.92 Å². The van der Waals surface area contributed by atoms with E-state index in [1.807, 2.05) is 31.2 Å². The van der Waals surface area contributed by atoms with Gasteiger partial charge < -0.3 is 10.2 Å². The fraction of sp³-hybridized carbons (Fsp3) is 0.348. The van der Waals surface area contributed by atoms with Crippen molar-refractivity contribution in [3.63, 3.8) is 0 Å². The molecule has 2 aromatic rings. The predicted molar refractivity (Wildman–Crippen MR) is 114 cm³/mol. The number of piperidine rings is 1. The third-order valence-electron chi connectivity index (χ3n) is 5.22. The molecule has 0 saturated carbocycles. The third kappa shape index (κ3) is 5.36. The van der Waals surface area contributed by atoms with E-state index in [1.165, 1.54) is 24.6 Å². The van der Waals surface area contributed by atoms with Crippen molar-refractivity contribution in [3.05, 3.63) is 70.8 Å². The molecule has 1 saturated heterocycles. The van der Waals surface area contributed by atoms with Gasteiger partial charge in [-0.1, -0.05) is 48.9 Å². The molecule has 0 bridgehead atoms. The molecule has 1 unspecified atom stereocenters. The minimum Gasteiger partial charge on any atom is -0.372 e. The van der Waals surface area contributed by atoms with Gasteiger partial charge in [-0.15, -0.1) is 0 Å². The predicted octanol–water partition coefficient (Wildman–Crippen LogP) is 5.47. The van der Waals surface area contributed by atoms with Gasteiger partial charge in [0.15, 0.2) is 0 Å². The van der Waals surface area contributed by atoms with Crippen LogP contribution in [0.4, 0.5) is 5.69 Å². The number of rotatable bonds is 5. The van der Waals surface area contributed by atoms with E-state index in [0.717, 1.165) is 30.1 Å². The number of nitrogens with one attached hydrogen (secondary N) is 1. The highest BCUT2D eigenvalue weighted by molar-refractivity contribution is 6.32. The molecule has 1 heterocycles. The summed E-state index contributed by atoms with van der Waals surface area (Å²) in [6, 6.07) is 15.9. The molecule has 27 heavy (non-hydrogen) atoms. The van der Waals surface area contributed by atoms with Crippen LogP contribution in [0, 0.1) is 5.92 Å². The zero-order valence-electron chi connectivity index (χ0n) is 16.0. The number of carbonyl (C=O) groups excluding carboxylic acids is 1. The molecule has 1 fully saturated rings. The van der Waals surface area contributed by atoms with Crippen molar-refractivity contribution in [2.45, 2.75) is 32.7 Å². The summed E-state index contributed by atoms with van der Waals surface area (Å²) in [5.74, 6) is 0.700. The number of carbonyl (C=O) groups is 1. The first-order chi connectivity index (χ1) is 13.0. The zero-order valence-corrected chi connectivity index (χ0v) is 16.7. The number of nitrogens with zero attached hydrogens (tertiary/aromatic N) is 1. The normalized spacial score (nSPS) is 16.5. The molecule has 1 aliphatic rings. The van der Waals surface area contributed by atoms with Gasteiger partial charge in [-0.2, -0.15) is 0 Å². The number of benzene rings is 2. The molecule has 0 spiro atoms. The number of halogens is 1. The number of amides is 1. The average Bonchev–Trinajstić information content (AvgIpc) is 2.68. The maximum atomic E-state index is 12.2. The first-order valence-electron chi connectivity index (χ1n) is 9.61. The molecule has 0 aromatic heterocycles. The molecule has 0 radical (unpaired) electrons. The van der Waals surface area contributed by atoms with Crippen LogP contribution in [0.1, 0.15) is 43.9 Å². The van der Waals surface area contributed by atoms with Crippen LogP contribution in [0.15, 0.2) is 54.6 Å². The highest BCUT2D eigenvalue weighted by atomic mass is 35.5. The maximum Gasteiger partial charge on any atom is 0.244 e. The van der Waals surface area contributed by atoms with Crippen molar-refractivity contribution < 1.29 is 4.79 Å². The standard InChI is InChI=1S/C23H27ClN2O/c1-17-13-15-26(16-14-17)21-10-7-19(8-11-21)18(2)25-23(27)12-9-20-5-3-4-6-22(20)24/h3-12,17-18H,13-16H2,1-2H3,(H,25,27)/b12-9+. The van der Waals surface area contributed by atoms with Crippen molar-refractivity contribution >= 4 is 29.3 Å². The highest BCUT2D eigenvalue weighted by Gasteiger charge is 2.16. The van der Waals surface area contributed by atoms with Gasteiger partial charge in [0.1, 0.15) is 0 Å². The Hall–Kier alpha value is -2.26. The van der Waals surface area contributed by atoms with Crippen LogP contribution >= 0.6 is 11.6 Å². The van der Waals surface area contributed by atoms with Crippen molar-refractivity contribution in [2.75, 3.05) is 18.0 Å². The second kappa shape index (κ2) is 9.09. The minimum atomic E-state index is -0.128. The SMILES string of the molecule is CC1CCN(c2ccc(C(C)NC(=O)/C=C/c3ccccc3Cl)cc2)CC1. The molecule has 1 amide bonds. The second-order valence-corrected chi connectivity index (χ2v) is 7.75. The topological polar surface area (TPSA) is 32.3 Å². The number of hydrogen-bond acceptors (Lipinski definition) is 2. The Kier molecular flexibility index (Phi) is 6.57. The summed E-state index contributed by atoms with van der Waals surface area (Å²) >= 11 is 6.11. The van der Waals surface area contributed by atoms with E-state index in [0.29, 0.717) is 5.02 Å². The van der Waals surface area contributed by atoms with E-state index in [4.69, 9.17) is 11.6 Å². The molecule has 3 rings (SSSR count). The fourth-order valence-corrected chi connectivity index (χ4v) is 3.56. The maximum absolute atomic E-state index is 12.2.